The Labute approximate surface area is 126 Å². The predicted molar refractivity (Wildman–Crippen MR) is 84.2 cm³/mol. The van der Waals surface area contributed by atoms with Gasteiger partial charge in [0.05, 0.1) is 6.61 Å². The third-order valence-corrected chi connectivity index (χ3v) is 5.22. The molecule has 0 bridgehead atoms. The first-order valence-electron chi connectivity index (χ1n) is 7.78. The Morgan fingerprint density at radius 1 is 1.50 bits per heavy atom. The molecular formula is C16H26N2OS. The van der Waals surface area contributed by atoms with Gasteiger partial charge in [-0.15, -0.1) is 11.3 Å². The molecule has 1 unspecified atom stereocenters. The highest BCUT2D eigenvalue weighted by Crippen LogP contribution is 2.31. The fraction of sp³-hybridized carbons (Fsp3) is 0.750. The zero-order chi connectivity index (χ0) is 13.8. The minimum absolute atomic E-state index is 0.312. The number of rotatable bonds is 7. The molecule has 0 aromatic carbocycles. The first-order valence-corrected chi connectivity index (χ1v) is 8.66. The molecule has 1 saturated carbocycles. The molecule has 2 fully saturated rings. The van der Waals surface area contributed by atoms with Crippen molar-refractivity contribution in [3.63, 3.8) is 0 Å². The van der Waals surface area contributed by atoms with Crippen molar-refractivity contribution in [2.24, 2.45) is 5.41 Å². The molecule has 1 saturated heterocycles. The highest BCUT2D eigenvalue weighted by molar-refractivity contribution is 7.09. The summed E-state index contributed by atoms with van der Waals surface area (Å²) in [5.41, 5.74) is 0.312. The molecule has 2 heterocycles. The third kappa shape index (κ3) is 4.04. The lowest BCUT2D eigenvalue weighted by Crippen LogP contribution is -2.48. The Balaban J connectivity index is 1.56. The van der Waals surface area contributed by atoms with E-state index in [1.165, 1.54) is 30.6 Å². The Bertz CT molecular complexity index is 397. The second-order valence-corrected chi connectivity index (χ2v) is 7.60. The van der Waals surface area contributed by atoms with Crippen molar-refractivity contribution >= 4 is 11.3 Å². The summed E-state index contributed by atoms with van der Waals surface area (Å²) in [7, 11) is 2.24. The number of nitrogens with zero attached hydrogens (tertiary/aromatic N) is 1. The molecule has 0 spiro atoms. The molecule has 3 rings (SSSR count). The minimum atomic E-state index is 0.312. The van der Waals surface area contributed by atoms with Gasteiger partial charge in [0.15, 0.2) is 0 Å². The van der Waals surface area contributed by atoms with Crippen molar-refractivity contribution in [3.05, 3.63) is 22.4 Å². The van der Waals surface area contributed by atoms with Crippen LogP contribution in [0, 0.1) is 5.41 Å². The van der Waals surface area contributed by atoms with Crippen LogP contribution >= 0.6 is 11.3 Å². The third-order valence-electron chi connectivity index (χ3n) is 4.36. The Morgan fingerprint density at radius 3 is 3.05 bits per heavy atom. The van der Waals surface area contributed by atoms with Gasteiger partial charge < -0.3 is 15.0 Å². The summed E-state index contributed by atoms with van der Waals surface area (Å²) in [5, 5.41) is 5.89. The van der Waals surface area contributed by atoms with Crippen molar-refractivity contribution < 1.29 is 4.74 Å². The smallest absolute Gasteiger partial charge is 0.0546 e. The first-order chi connectivity index (χ1) is 9.76. The van der Waals surface area contributed by atoms with Crippen molar-refractivity contribution in [2.45, 2.75) is 38.3 Å². The van der Waals surface area contributed by atoms with Gasteiger partial charge in [-0.3, -0.25) is 0 Å². The van der Waals surface area contributed by atoms with Crippen molar-refractivity contribution in [2.75, 3.05) is 33.4 Å². The second kappa shape index (κ2) is 6.56. The van der Waals surface area contributed by atoms with E-state index in [0.29, 0.717) is 5.41 Å². The summed E-state index contributed by atoms with van der Waals surface area (Å²) in [6.07, 6.45) is 5.23. The van der Waals surface area contributed by atoms with E-state index in [1.807, 2.05) is 11.3 Å². The first kappa shape index (κ1) is 14.5. The summed E-state index contributed by atoms with van der Waals surface area (Å²) < 4.78 is 5.81. The molecule has 3 nitrogen and oxygen atoms in total. The van der Waals surface area contributed by atoms with Gasteiger partial charge in [-0.1, -0.05) is 6.07 Å². The lowest BCUT2D eigenvalue weighted by Gasteiger charge is -2.40. The van der Waals surface area contributed by atoms with Gasteiger partial charge in [-0.2, -0.15) is 0 Å². The number of nitrogens with one attached hydrogen (secondary N) is 1. The van der Waals surface area contributed by atoms with Gasteiger partial charge in [-0.25, -0.2) is 0 Å². The fourth-order valence-electron chi connectivity index (χ4n) is 3.18. The van der Waals surface area contributed by atoms with E-state index in [0.717, 1.165) is 38.9 Å². The summed E-state index contributed by atoms with van der Waals surface area (Å²) >= 11 is 1.85. The van der Waals surface area contributed by atoms with E-state index in [2.05, 4.69) is 34.8 Å². The zero-order valence-corrected chi connectivity index (χ0v) is 13.3. The fourth-order valence-corrected chi connectivity index (χ4v) is 3.96. The molecule has 4 heteroatoms. The average molecular weight is 294 g/mol. The Morgan fingerprint density at radius 2 is 2.40 bits per heavy atom. The molecule has 112 valence electrons. The summed E-state index contributed by atoms with van der Waals surface area (Å²) in [4.78, 5) is 3.92. The van der Waals surface area contributed by atoms with E-state index in [1.54, 1.807) is 0 Å². The SMILES string of the molecule is CN(Cc1cccs1)CC1(CNC2CC2)CCCOC1. The van der Waals surface area contributed by atoms with E-state index in [9.17, 15) is 0 Å². The highest BCUT2D eigenvalue weighted by atomic mass is 32.1. The molecule has 1 N–H and O–H groups in total. The normalized spacial score (nSPS) is 27.1. The Kier molecular flexibility index (Phi) is 4.76. The molecule has 1 aromatic heterocycles. The second-order valence-electron chi connectivity index (χ2n) is 6.56. The average Bonchev–Trinajstić information content (AvgIpc) is 3.15. The van der Waals surface area contributed by atoms with Gasteiger partial charge in [-0.05, 0) is 44.2 Å². The van der Waals surface area contributed by atoms with Crippen LogP contribution < -0.4 is 5.32 Å². The van der Waals surface area contributed by atoms with Gasteiger partial charge in [0.25, 0.3) is 0 Å². The standard InChI is InChI=1S/C16H26N2OS/c1-18(10-15-4-2-9-20-15)12-16(7-3-8-19-13-16)11-17-14-5-6-14/h2,4,9,14,17H,3,5-8,10-13H2,1H3. The number of hydrogen-bond donors (Lipinski definition) is 1. The van der Waals surface area contributed by atoms with Crippen molar-refractivity contribution in [3.8, 4) is 0 Å². The zero-order valence-electron chi connectivity index (χ0n) is 12.4. The van der Waals surface area contributed by atoms with Crippen LogP contribution in [0.2, 0.25) is 0 Å². The van der Waals surface area contributed by atoms with Gasteiger partial charge in [0, 0.05) is 42.6 Å². The predicted octanol–water partition coefficient (Wildman–Crippen LogP) is 2.73. The van der Waals surface area contributed by atoms with Crippen molar-refractivity contribution in [1.82, 2.24) is 10.2 Å². The molecule has 1 aromatic rings. The van der Waals surface area contributed by atoms with Crippen LogP contribution in [-0.4, -0.2) is 44.3 Å². The molecule has 1 atom stereocenters. The van der Waals surface area contributed by atoms with Crippen LogP contribution in [0.1, 0.15) is 30.6 Å². The largest absolute Gasteiger partial charge is 0.381 e. The van der Waals surface area contributed by atoms with Crippen LogP contribution in [-0.2, 0) is 11.3 Å². The van der Waals surface area contributed by atoms with E-state index in [-0.39, 0.29) is 0 Å². The van der Waals surface area contributed by atoms with Crippen LogP contribution in [0.25, 0.3) is 0 Å². The number of ether oxygens (including phenoxy) is 1. The molecule has 20 heavy (non-hydrogen) atoms. The van der Waals surface area contributed by atoms with Gasteiger partial charge in [0.1, 0.15) is 0 Å². The maximum absolute atomic E-state index is 5.81. The minimum Gasteiger partial charge on any atom is -0.381 e. The van der Waals surface area contributed by atoms with Crippen LogP contribution in [0.3, 0.4) is 0 Å². The number of thiophene rings is 1. The van der Waals surface area contributed by atoms with E-state index < -0.39 is 0 Å². The van der Waals surface area contributed by atoms with Crippen LogP contribution in [0.15, 0.2) is 17.5 Å². The van der Waals surface area contributed by atoms with Gasteiger partial charge >= 0.3 is 0 Å². The molecule has 2 aliphatic rings. The molecule has 1 aliphatic heterocycles. The maximum Gasteiger partial charge on any atom is 0.0546 e. The molecule has 1 aliphatic carbocycles. The monoisotopic (exact) mass is 294 g/mol. The topological polar surface area (TPSA) is 24.5 Å². The summed E-state index contributed by atoms with van der Waals surface area (Å²) in [6, 6.07) is 5.16. The summed E-state index contributed by atoms with van der Waals surface area (Å²) in [5.74, 6) is 0. The van der Waals surface area contributed by atoms with E-state index in [4.69, 9.17) is 4.74 Å². The Hall–Kier alpha value is -0.420. The summed E-state index contributed by atoms with van der Waals surface area (Å²) in [6.45, 7) is 5.17. The molecule has 0 amide bonds. The van der Waals surface area contributed by atoms with Crippen LogP contribution in [0.4, 0.5) is 0 Å². The van der Waals surface area contributed by atoms with Crippen molar-refractivity contribution in [1.29, 1.82) is 0 Å². The van der Waals surface area contributed by atoms with Crippen LogP contribution in [0.5, 0.6) is 0 Å². The highest BCUT2D eigenvalue weighted by Gasteiger charge is 2.35. The van der Waals surface area contributed by atoms with Gasteiger partial charge in [0.2, 0.25) is 0 Å². The van der Waals surface area contributed by atoms with E-state index >= 15 is 0 Å². The lowest BCUT2D eigenvalue weighted by atomic mass is 9.81. The lowest BCUT2D eigenvalue weighted by molar-refractivity contribution is -0.0237. The molecular weight excluding hydrogens is 268 g/mol. The number of hydrogen-bond acceptors (Lipinski definition) is 4. The maximum atomic E-state index is 5.81. The molecule has 0 radical (unpaired) electrons. The quantitative estimate of drug-likeness (QED) is 0.837.